The van der Waals surface area contributed by atoms with Gasteiger partial charge in [-0.15, -0.1) is 6.58 Å². The van der Waals surface area contributed by atoms with E-state index in [-0.39, 0.29) is 6.04 Å². The number of nitrogens with zero attached hydrogens (tertiary/aromatic N) is 2. The van der Waals surface area contributed by atoms with Crippen molar-refractivity contribution in [3.05, 3.63) is 30.2 Å². The van der Waals surface area contributed by atoms with Crippen molar-refractivity contribution in [2.45, 2.75) is 26.8 Å². The van der Waals surface area contributed by atoms with E-state index in [9.17, 15) is 0 Å². The van der Waals surface area contributed by atoms with Gasteiger partial charge in [0.1, 0.15) is 5.82 Å². The molecule has 0 amide bonds. The molecule has 1 atom stereocenters. The summed E-state index contributed by atoms with van der Waals surface area (Å²) >= 11 is 5.10. The number of hydrogen-bond acceptors (Lipinski definition) is 4. The Bertz CT molecular complexity index is 418. The van der Waals surface area contributed by atoms with Crippen LogP contribution in [0.15, 0.2) is 18.9 Å². The van der Waals surface area contributed by atoms with Gasteiger partial charge in [0.05, 0.1) is 0 Å². The lowest BCUT2D eigenvalue weighted by Gasteiger charge is -2.15. The third kappa shape index (κ3) is 4.36. The summed E-state index contributed by atoms with van der Waals surface area (Å²) in [7, 11) is 0. The molecule has 0 aliphatic heterocycles. The average molecular weight is 251 g/mol. The zero-order chi connectivity index (χ0) is 12.8. The van der Waals surface area contributed by atoms with E-state index in [4.69, 9.17) is 12.2 Å². The van der Waals surface area contributed by atoms with Crippen molar-refractivity contribution in [3.63, 3.8) is 0 Å². The second-order valence-corrected chi connectivity index (χ2v) is 4.10. The molecular formula is C11H17N5S. The van der Waals surface area contributed by atoms with Gasteiger partial charge >= 0.3 is 0 Å². The van der Waals surface area contributed by atoms with E-state index in [1.165, 1.54) is 0 Å². The van der Waals surface area contributed by atoms with Crippen LogP contribution in [0.2, 0.25) is 0 Å². The zero-order valence-corrected chi connectivity index (χ0v) is 11.1. The normalized spacial score (nSPS) is 11.5. The van der Waals surface area contributed by atoms with Crippen LogP contribution in [-0.2, 0) is 0 Å². The predicted octanol–water partition coefficient (Wildman–Crippen LogP) is 1.46. The maximum Gasteiger partial charge on any atom is 0.185 e. The molecule has 1 rings (SSSR count). The lowest BCUT2D eigenvalue weighted by atomic mass is 10.3. The van der Waals surface area contributed by atoms with Gasteiger partial charge in [-0.05, 0) is 33.0 Å². The van der Waals surface area contributed by atoms with Gasteiger partial charge in [0.15, 0.2) is 10.9 Å². The standard InChI is InChI=1S/C11H17N5S/c1-5-8(3)13-11(17)16-15-10-7(2)6-12-9(4)14-10/h5-6,8H,1H2,2-4H3,(H,12,14,15)(H2,13,16,17)/t8-/m0/s1. The molecule has 1 heterocycles. The summed E-state index contributed by atoms with van der Waals surface area (Å²) in [5, 5.41) is 3.52. The number of hydrogen-bond donors (Lipinski definition) is 3. The fraction of sp³-hybridized carbons (Fsp3) is 0.364. The average Bonchev–Trinajstić information content (AvgIpc) is 2.30. The van der Waals surface area contributed by atoms with Crippen LogP contribution in [0.1, 0.15) is 18.3 Å². The number of thiocarbonyl (C=S) groups is 1. The maximum absolute atomic E-state index is 5.10. The molecule has 0 saturated heterocycles. The van der Waals surface area contributed by atoms with Crippen molar-refractivity contribution in [3.8, 4) is 0 Å². The van der Waals surface area contributed by atoms with E-state index in [0.29, 0.717) is 16.8 Å². The van der Waals surface area contributed by atoms with Crippen molar-refractivity contribution >= 4 is 23.1 Å². The van der Waals surface area contributed by atoms with E-state index in [0.717, 1.165) is 5.56 Å². The maximum atomic E-state index is 5.10. The highest BCUT2D eigenvalue weighted by Gasteiger charge is 2.02. The Hall–Kier alpha value is -1.69. The molecule has 6 heteroatoms. The lowest BCUT2D eigenvalue weighted by Crippen LogP contribution is -2.42. The van der Waals surface area contributed by atoms with Gasteiger partial charge in [-0.25, -0.2) is 9.97 Å². The minimum Gasteiger partial charge on any atom is -0.355 e. The highest BCUT2D eigenvalue weighted by molar-refractivity contribution is 7.80. The second kappa shape index (κ2) is 6.15. The van der Waals surface area contributed by atoms with Crippen LogP contribution in [0, 0.1) is 13.8 Å². The molecule has 0 saturated carbocycles. The van der Waals surface area contributed by atoms with Crippen LogP contribution in [0.5, 0.6) is 0 Å². The second-order valence-electron chi connectivity index (χ2n) is 3.70. The number of aromatic nitrogens is 2. The lowest BCUT2D eigenvalue weighted by molar-refractivity contribution is 0.791. The predicted molar refractivity (Wildman–Crippen MR) is 73.7 cm³/mol. The topological polar surface area (TPSA) is 61.9 Å². The molecule has 0 spiro atoms. The number of aryl methyl sites for hydroxylation is 2. The Morgan fingerprint density at radius 2 is 2.24 bits per heavy atom. The van der Waals surface area contributed by atoms with Gasteiger partial charge in [-0.2, -0.15) is 0 Å². The molecule has 5 nitrogen and oxygen atoms in total. The van der Waals surface area contributed by atoms with Gasteiger partial charge in [0.2, 0.25) is 0 Å². The fourth-order valence-corrected chi connectivity index (χ4v) is 1.31. The molecule has 0 bridgehead atoms. The highest BCUT2D eigenvalue weighted by Crippen LogP contribution is 2.07. The van der Waals surface area contributed by atoms with Crippen molar-refractivity contribution < 1.29 is 0 Å². The SMILES string of the molecule is C=C[C@H](C)NC(=S)NNc1nc(C)ncc1C. The monoisotopic (exact) mass is 251 g/mol. The Morgan fingerprint density at radius 3 is 2.88 bits per heavy atom. The highest BCUT2D eigenvalue weighted by atomic mass is 32.1. The third-order valence-corrected chi connectivity index (χ3v) is 2.32. The van der Waals surface area contributed by atoms with E-state index in [1.807, 2.05) is 20.8 Å². The van der Waals surface area contributed by atoms with Gasteiger partial charge in [-0.3, -0.25) is 10.9 Å². The van der Waals surface area contributed by atoms with Crippen LogP contribution in [0.3, 0.4) is 0 Å². The molecule has 0 radical (unpaired) electrons. The molecule has 0 aliphatic carbocycles. The molecular weight excluding hydrogens is 234 g/mol. The van der Waals surface area contributed by atoms with E-state index >= 15 is 0 Å². The molecule has 0 unspecified atom stereocenters. The Morgan fingerprint density at radius 1 is 1.53 bits per heavy atom. The summed E-state index contributed by atoms with van der Waals surface area (Å²) in [6, 6.07) is 0.116. The Balaban J connectivity index is 2.52. The van der Waals surface area contributed by atoms with Crippen molar-refractivity contribution in [2.24, 2.45) is 0 Å². The summed E-state index contributed by atoms with van der Waals surface area (Å²) in [4.78, 5) is 8.34. The van der Waals surface area contributed by atoms with E-state index < -0.39 is 0 Å². The molecule has 17 heavy (non-hydrogen) atoms. The van der Waals surface area contributed by atoms with Gasteiger partial charge in [-0.1, -0.05) is 6.08 Å². The number of hydrazine groups is 1. The first kappa shape index (κ1) is 13.4. The van der Waals surface area contributed by atoms with Gasteiger partial charge in [0, 0.05) is 17.8 Å². The first-order valence-corrected chi connectivity index (χ1v) is 5.69. The Labute approximate surface area is 107 Å². The van der Waals surface area contributed by atoms with Crippen molar-refractivity contribution in [2.75, 3.05) is 5.43 Å². The molecule has 3 N–H and O–H groups in total. The third-order valence-electron chi connectivity index (χ3n) is 2.10. The van der Waals surface area contributed by atoms with Crippen LogP contribution in [-0.4, -0.2) is 21.1 Å². The van der Waals surface area contributed by atoms with Crippen LogP contribution in [0.25, 0.3) is 0 Å². The minimum atomic E-state index is 0.116. The first-order chi connectivity index (χ1) is 8.02. The molecule has 92 valence electrons. The van der Waals surface area contributed by atoms with Crippen molar-refractivity contribution in [1.29, 1.82) is 0 Å². The fourth-order valence-electron chi connectivity index (χ4n) is 1.07. The summed E-state index contributed by atoms with van der Waals surface area (Å²) in [6.45, 7) is 9.38. The molecule has 0 fully saturated rings. The zero-order valence-electron chi connectivity index (χ0n) is 10.2. The number of anilines is 1. The molecule has 1 aromatic heterocycles. The number of rotatable bonds is 4. The van der Waals surface area contributed by atoms with Gasteiger partial charge in [0.25, 0.3) is 0 Å². The van der Waals surface area contributed by atoms with Crippen molar-refractivity contribution in [1.82, 2.24) is 20.7 Å². The first-order valence-electron chi connectivity index (χ1n) is 5.28. The smallest absolute Gasteiger partial charge is 0.185 e. The summed E-state index contributed by atoms with van der Waals surface area (Å²) in [6.07, 6.45) is 3.53. The van der Waals surface area contributed by atoms with Crippen LogP contribution < -0.4 is 16.2 Å². The summed E-state index contributed by atoms with van der Waals surface area (Å²) in [5.41, 5.74) is 6.76. The minimum absolute atomic E-state index is 0.116. The van der Waals surface area contributed by atoms with Gasteiger partial charge < -0.3 is 5.32 Å². The molecule has 0 aromatic carbocycles. The summed E-state index contributed by atoms with van der Waals surface area (Å²) < 4.78 is 0. The number of nitrogens with one attached hydrogen (secondary N) is 3. The van der Waals surface area contributed by atoms with E-state index in [2.05, 4.69) is 32.7 Å². The van der Waals surface area contributed by atoms with E-state index in [1.54, 1.807) is 12.3 Å². The quantitative estimate of drug-likeness (QED) is 0.428. The van der Waals surface area contributed by atoms with Crippen LogP contribution in [0.4, 0.5) is 5.82 Å². The van der Waals surface area contributed by atoms with Crippen LogP contribution >= 0.6 is 12.2 Å². The molecule has 0 aliphatic rings. The largest absolute Gasteiger partial charge is 0.355 e. The summed E-state index contributed by atoms with van der Waals surface area (Å²) in [5.74, 6) is 1.42. The Kier molecular flexibility index (Phi) is 4.84. The molecule has 1 aromatic rings.